The molecule has 2 aliphatic heterocycles. The summed E-state index contributed by atoms with van der Waals surface area (Å²) in [6, 6.07) is 104. The molecular formula is C78H53BN6. The molecule has 0 unspecified atom stereocenters. The maximum Gasteiger partial charge on any atom is 0.252 e. The Kier molecular flexibility index (Phi) is 11.0. The van der Waals surface area contributed by atoms with E-state index < -0.39 is 0 Å². The first-order valence-electron chi connectivity index (χ1n) is 29.3. The number of anilines is 6. The van der Waals surface area contributed by atoms with Gasteiger partial charge >= 0.3 is 0 Å². The Labute approximate surface area is 494 Å². The molecule has 3 aliphatic rings. The van der Waals surface area contributed by atoms with Crippen molar-refractivity contribution >= 4 is 79.0 Å². The van der Waals surface area contributed by atoms with Crippen LogP contribution in [0.25, 0.3) is 95.0 Å². The molecule has 1 aliphatic carbocycles. The number of rotatable bonds is 8. The van der Waals surface area contributed by atoms with Crippen molar-refractivity contribution in [1.82, 2.24) is 19.5 Å². The number of nitrogens with zero attached hydrogens (tertiary/aromatic N) is 6. The van der Waals surface area contributed by atoms with Crippen LogP contribution in [0.3, 0.4) is 0 Å². The summed E-state index contributed by atoms with van der Waals surface area (Å²) in [6.45, 7) is 4.81. The zero-order chi connectivity index (χ0) is 56.3. The van der Waals surface area contributed by atoms with Crippen LogP contribution in [-0.4, -0.2) is 26.2 Å². The van der Waals surface area contributed by atoms with E-state index in [-0.39, 0.29) is 12.1 Å². The predicted molar refractivity (Wildman–Crippen MR) is 353 cm³/mol. The summed E-state index contributed by atoms with van der Waals surface area (Å²) in [5, 5.41) is 2.38. The monoisotopic (exact) mass is 1080 g/mol. The van der Waals surface area contributed by atoms with E-state index >= 15 is 0 Å². The maximum absolute atomic E-state index is 5.42. The maximum atomic E-state index is 5.42. The number of hydrogen-bond acceptors (Lipinski definition) is 5. The van der Waals surface area contributed by atoms with E-state index in [1.165, 1.54) is 72.2 Å². The molecule has 4 heterocycles. The second-order valence-electron chi connectivity index (χ2n) is 23.1. The molecule has 0 bridgehead atoms. The van der Waals surface area contributed by atoms with Gasteiger partial charge in [0.25, 0.3) is 6.71 Å². The first-order chi connectivity index (χ1) is 41.9. The summed E-state index contributed by atoms with van der Waals surface area (Å²) in [7, 11) is 0. The van der Waals surface area contributed by atoms with Crippen molar-refractivity contribution in [3.63, 3.8) is 0 Å². The van der Waals surface area contributed by atoms with Gasteiger partial charge in [-0.2, -0.15) is 0 Å². The summed E-state index contributed by atoms with van der Waals surface area (Å²) in [6.07, 6.45) is 0. The summed E-state index contributed by atoms with van der Waals surface area (Å²) in [5.41, 5.74) is 26.3. The third-order valence-electron chi connectivity index (χ3n) is 18.0. The molecule has 6 nitrogen and oxygen atoms in total. The molecule has 17 rings (SSSR count). The van der Waals surface area contributed by atoms with E-state index in [2.05, 4.69) is 277 Å². The molecule has 0 saturated carbocycles. The van der Waals surface area contributed by atoms with Crippen molar-refractivity contribution < 1.29 is 0 Å². The number of fused-ring (bicyclic) bond motifs is 10. The first kappa shape index (κ1) is 48.8. The molecule has 2 aromatic heterocycles. The molecule has 85 heavy (non-hydrogen) atoms. The number of benzene rings is 12. The van der Waals surface area contributed by atoms with Gasteiger partial charge in [-0.1, -0.05) is 220 Å². The molecule has 0 atom stereocenters. The number of aromatic nitrogens is 4. The number of para-hydroxylation sites is 5. The highest BCUT2D eigenvalue weighted by atomic mass is 15.2. The summed E-state index contributed by atoms with van der Waals surface area (Å²) in [5.74, 6) is 1.83. The Morgan fingerprint density at radius 3 is 1.52 bits per heavy atom. The molecule has 0 amide bonds. The lowest BCUT2D eigenvalue weighted by Gasteiger charge is -2.44. The Hall–Kier alpha value is -10.9. The minimum atomic E-state index is -0.215. The Balaban J connectivity index is 0.841. The highest BCUT2D eigenvalue weighted by Gasteiger charge is 2.43. The van der Waals surface area contributed by atoms with Gasteiger partial charge in [-0.3, -0.25) is 0 Å². The van der Waals surface area contributed by atoms with Crippen LogP contribution >= 0.6 is 0 Å². The smallest absolute Gasteiger partial charge is 0.252 e. The van der Waals surface area contributed by atoms with Crippen LogP contribution in [0.15, 0.2) is 285 Å². The van der Waals surface area contributed by atoms with Crippen LogP contribution in [-0.2, 0) is 5.41 Å². The molecular weight excluding hydrogens is 1030 g/mol. The summed E-state index contributed by atoms with van der Waals surface area (Å²) < 4.78 is 2.49. The summed E-state index contributed by atoms with van der Waals surface area (Å²) >= 11 is 0. The summed E-state index contributed by atoms with van der Waals surface area (Å²) in [4.78, 5) is 20.9. The van der Waals surface area contributed by atoms with E-state index in [0.29, 0.717) is 17.5 Å². The quantitative estimate of drug-likeness (QED) is 0.142. The van der Waals surface area contributed by atoms with Crippen LogP contribution in [0.5, 0.6) is 0 Å². The van der Waals surface area contributed by atoms with Crippen molar-refractivity contribution in [2.45, 2.75) is 19.3 Å². The fourth-order valence-corrected chi connectivity index (χ4v) is 14.2. The number of hydrogen-bond donors (Lipinski definition) is 0. The molecule has 0 radical (unpaired) electrons. The van der Waals surface area contributed by atoms with Crippen LogP contribution < -0.4 is 26.2 Å². The average molecular weight is 1090 g/mol. The van der Waals surface area contributed by atoms with E-state index in [1.54, 1.807) is 0 Å². The first-order valence-corrected chi connectivity index (χ1v) is 29.3. The third kappa shape index (κ3) is 7.56. The molecule has 0 spiro atoms. The van der Waals surface area contributed by atoms with E-state index in [9.17, 15) is 0 Å². The minimum absolute atomic E-state index is 0.0782. The van der Waals surface area contributed by atoms with Crippen LogP contribution in [0.1, 0.15) is 25.0 Å². The van der Waals surface area contributed by atoms with E-state index in [1.807, 2.05) is 36.4 Å². The van der Waals surface area contributed by atoms with Crippen molar-refractivity contribution in [3.05, 3.63) is 296 Å². The Morgan fingerprint density at radius 1 is 0.318 bits per heavy atom. The molecule has 7 heteroatoms. The zero-order valence-corrected chi connectivity index (χ0v) is 46.9. The molecule has 398 valence electrons. The van der Waals surface area contributed by atoms with Gasteiger partial charge in [0, 0.05) is 72.6 Å². The standard InChI is InChI=1S/C78H53BN6/c1-78(2)63-35-14-12-31-58(63)61-48-62-59-32-13-17-38-67(59)85(72(62)49-64(61)78)74-57(33-21-34-60(74)77-81-75(51-23-6-3-7-24-51)80-76(82-77)52-25-8-4-9-26-52)54-28-20-27-53(47-54)50-43-45-56(46-44-50)84-69-40-19-16-37-66(69)79-65-36-15-18-39-68(65)83(55-29-10-5-11-30-55)70-41-22-42-71(84)73(70)79/h3-49H,1-2H3. The largest absolute Gasteiger partial charge is 0.311 e. The van der Waals surface area contributed by atoms with Crippen molar-refractivity contribution in [3.8, 4) is 73.2 Å². The van der Waals surface area contributed by atoms with Crippen molar-refractivity contribution in [2.75, 3.05) is 9.80 Å². The van der Waals surface area contributed by atoms with Gasteiger partial charge in [0.2, 0.25) is 0 Å². The highest BCUT2D eigenvalue weighted by Crippen LogP contribution is 2.52. The average Bonchev–Trinajstić information content (AvgIpc) is 3.97. The molecule has 0 fully saturated rings. The molecule has 0 N–H and O–H groups in total. The topological polar surface area (TPSA) is 50.1 Å². The van der Waals surface area contributed by atoms with Crippen molar-refractivity contribution in [1.29, 1.82) is 0 Å². The van der Waals surface area contributed by atoms with Gasteiger partial charge in [0.15, 0.2) is 17.5 Å². The Morgan fingerprint density at radius 2 is 0.824 bits per heavy atom. The zero-order valence-electron chi connectivity index (χ0n) is 46.9. The van der Waals surface area contributed by atoms with Crippen LogP contribution in [0.4, 0.5) is 34.1 Å². The van der Waals surface area contributed by atoms with Gasteiger partial charge in [-0.25, -0.2) is 15.0 Å². The van der Waals surface area contributed by atoms with Gasteiger partial charge < -0.3 is 14.4 Å². The second kappa shape index (κ2) is 19.1. The second-order valence-corrected chi connectivity index (χ2v) is 23.1. The predicted octanol–water partition coefficient (Wildman–Crippen LogP) is 17.7. The highest BCUT2D eigenvalue weighted by molar-refractivity contribution is 7.00. The van der Waals surface area contributed by atoms with Gasteiger partial charge in [-0.05, 0) is 134 Å². The van der Waals surface area contributed by atoms with E-state index in [4.69, 9.17) is 15.0 Å². The molecule has 14 aromatic rings. The fourth-order valence-electron chi connectivity index (χ4n) is 14.2. The normalized spacial score (nSPS) is 13.3. The van der Waals surface area contributed by atoms with Gasteiger partial charge in [-0.15, -0.1) is 0 Å². The Bertz CT molecular complexity index is 4940. The lowest BCUT2D eigenvalue weighted by molar-refractivity contribution is 0.661. The third-order valence-corrected chi connectivity index (χ3v) is 18.0. The lowest BCUT2D eigenvalue weighted by atomic mass is 9.33. The van der Waals surface area contributed by atoms with E-state index in [0.717, 1.165) is 67.0 Å². The fraction of sp³-hybridized carbons (Fsp3) is 0.0385. The minimum Gasteiger partial charge on any atom is -0.311 e. The lowest BCUT2D eigenvalue weighted by Crippen LogP contribution is -2.61. The molecule has 0 saturated heterocycles. The van der Waals surface area contributed by atoms with Gasteiger partial charge in [0.1, 0.15) is 0 Å². The van der Waals surface area contributed by atoms with Crippen molar-refractivity contribution in [2.24, 2.45) is 0 Å². The SMILES string of the molecule is CC1(C)c2ccccc2-c2cc3c4ccccc4n(-c4c(-c5cccc(-c6ccc(N7c8ccccc8B8c9ccccc9N(c9ccccc9)c9cccc7c98)cc6)c5)cccc4-c4nc(-c5ccccc5)nc(-c5ccccc5)n4)c3cc21. The van der Waals surface area contributed by atoms with Gasteiger partial charge in [0.05, 0.1) is 16.7 Å². The molecule has 12 aromatic carbocycles. The van der Waals surface area contributed by atoms with Crippen LogP contribution in [0, 0.1) is 0 Å². The van der Waals surface area contributed by atoms with Crippen LogP contribution in [0.2, 0.25) is 0 Å².